The van der Waals surface area contributed by atoms with Crippen molar-refractivity contribution in [2.75, 3.05) is 11.9 Å². The molecule has 1 atom stereocenters. The number of carbonyl (C=O) groups is 1. The maximum atomic E-state index is 13.4. The van der Waals surface area contributed by atoms with Gasteiger partial charge in [-0.2, -0.15) is 5.26 Å². The number of carbonyl (C=O) groups excluding carboxylic acids is 1. The highest BCUT2D eigenvalue weighted by molar-refractivity contribution is 7.89. The summed E-state index contributed by atoms with van der Waals surface area (Å²) in [5, 5.41) is 14.7. The molecule has 196 valence electrons. The van der Waals surface area contributed by atoms with Gasteiger partial charge in [-0.3, -0.25) is 10.1 Å². The van der Waals surface area contributed by atoms with Crippen LogP contribution in [0, 0.1) is 11.5 Å². The first kappa shape index (κ1) is 26.9. The largest absolute Gasteiger partial charge is 0.466 e. The van der Waals surface area contributed by atoms with Gasteiger partial charge in [0.15, 0.2) is 6.19 Å². The van der Waals surface area contributed by atoms with Gasteiger partial charge in [0.05, 0.1) is 30.0 Å². The van der Waals surface area contributed by atoms with Crippen LogP contribution in [0.5, 0.6) is 0 Å². The lowest BCUT2D eigenvalue weighted by molar-refractivity contribution is -0.143. The number of anilines is 1. The zero-order valence-electron chi connectivity index (χ0n) is 20.9. The number of benzene rings is 3. The molecule has 1 fully saturated rings. The number of aliphatic imine (C=N–C) groups is 1. The van der Waals surface area contributed by atoms with Gasteiger partial charge in [0.2, 0.25) is 16.0 Å². The summed E-state index contributed by atoms with van der Waals surface area (Å²) in [4.78, 5) is 16.7. The summed E-state index contributed by atoms with van der Waals surface area (Å²) in [6.45, 7) is 1.92. The van der Waals surface area contributed by atoms with Crippen LogP contribution >= 0.6 is 0 Å². The molecule has 3 N–H and O–H groups in total. The average Bonchev–Trinajstić information content (AvgIpc) is 3.73. The van der Waals surface area contributed by atoms with Gasteiger partial charge >= 0.3 is 5.97 Å². The minimum absolute atomic E-state index is 0.0697. The van der Waals surface area contributed by atoms with Gasteiger partial charge in [-0.15, -0.1) is 0 Å². The zero-order valence-corrected chi connectivity index (χ0v) is 21.7. The minimum Gasteiger partial charge on any atom is -0.466 e. The van der Waals surface area contributed by atoms with Crippen LogP contribution in [0.1, 0.15) is 37.8 Å². The molecule has 1 aliphatic rings. The molecule has 9 nitrogen and oxygen atoms in total. The van der Waals surface area contributed by atoms with E-state index in [4.69, 9.17) is 10.00 Å². The molecule has 3 aromatic rings. The van der Waals surface area contributed by atoms with Crippen LogP contribution < -0.4 is 15.4 Å². The molecule has 4 rings (SSSR count). The third kappa shape index (κ3) is 7.41. The Morgan fingerprint density at radius 2 is 1.76 bits per heavy atom. The summed E-state index contributed by atoms with van der Waals surface area (Å²) in [6, 6.07) is 22.4. The zero-order chi connectivity index (χ0) is 27.0. The lowest BCUT2D eigenvalue weighted by atomic mass is 10.1. The van der Waals surface area contributed by atoms with Crippen LogP contribution in [-0.4, -0.2) is 33.0 Å². The maximum absolute atomic E-state index is 13.4. The van der Waals surface area contributed by atoms with Gasteiger partial charge < -0.3 is 10.1 Å². The molecule has 0 aliphatic heterocycles. The van der Waals surface area contributed by atoms with Crippen LogP contribution in [0.2, 0.25) is 0 Å². The summed E-state index contributed by atoms with van der Waals surface area (Å²) in [5.74, 6) is -0.112. The smallest absolute Gasteiger partial charge is 0.307 e. The van der Waals surface area contributed by atoms with Crippen molar-refractivity contribution in [2.45, 2.75) is 43.2 Å². The third-order valence-corrected chi connectivity index (χ3v) is 7.28. The van der Waals surface area contributed by atoms with E-state index in [1.165, 1.54) is 6.07 Å². The molecular weight excluding hydrogens is 502 g/mol. The first-order chi connectivity index (χ1) is 18.4. The normalized spacial score (nSPS) is 14.3. The monoisotopic (exact) mass is 531 g/mol. The van der Waals surface area contributed by atoms with Crippen molar-refractivity contribution in [1.82, 2.24) is 10.0 Å². The van der Waals surface area contributed by atoms with Crippen LogP contribution in [0.3, 0.4) is 0 Å². The Bertz CT molecular complexity index is 1450. The standard InChI is InChI=1S/C28H29N5O4S/c1-2-37-27(34)18-26(20-8-4-3-5-9-20)33-38(35,36)25-13-7-11-22(17-25)21-10-6-12-24(16-21)32-28(30-19-29)31-23-14-15-23/h3-13,16-17,23,26,33H,2,14-15,18H2,1H3,(H2,30,31,32). The summed E-state index contributed by atoms with van der Waals surface area (Å²) in [6.07, 6.45) is 3.76. The number of nitrogens with zero attached hydrogens (tertiary/aromatic N) is 2. The Balaban J connectivity index is 1.57. The predicted molar refractivity (Wildman–Crippen MR) is 145 cm³/mol. The second kappa shape index (κ2) is 12.4. The Morgan fingerprint density at radius 3 is 2.45 bits per heavy atom. The van der Waals surface area contributed by atoms with Crippen molar-refractivity contribution in [3.8, 4) is 17.3 Å². The van der Waals surface area contributed by atoms with Gasteiger partial charge in [0.1, 0.15) is 0 Å². The van der Waals surface area contributed by atoms with Gasteiger partial charge in [-0.05, 0) is 60.7 Å². The topological polar surface area (TPSA) is 133 Å². The van der Waals surface area contributed by atoms with E-state index in [-0.39, 0.29) is 24.0 Å². The Labute approximate surface area is 222 Å². The molecule has 1 saturated carbocycles. The van der Waals surface area contributed by atoms with E-state index in [1.807, 2.05) is 42.6 Å². The fourth-order valence-corrected chi connectivity index (χ4v) is 5.12. The van der Waals surface area contributed by atoms with Crippen molar-refractivity contribution in [1.29, 1.82) is 5.26 Å². The number of hydrogen-bond acceptors (Lipinski definition) is 6. The molecule has 0 aromatic heterocycles. The molecule has 0 bridgehead atoms. The van der Waals surface area contributed by atoms with Gasteiger partial charge in [0.25, 0.3) is 0 Å². The fraction of sp³-hybridized carbons (Fsp3) is 0.250. The van der Waals surface area contributed by atoms with Gasteiger partial charge in [0, 0.05) is 5.69 Å². The second-order valence-electron chi connectivity index (χ2n) is 8.77. The van der Waals surface area contributed by atoms with Crippen molar-refractivity contribution in [3.63, 3.8) is 0 Å². The Hall–Kier alpha value is -4.20. The molecule has 0 spiro atoms. The molecule has 0 radical (unpaired) electrons. The molecule has 1 unspecified atom stereocenters. The molecule has 3 aromatic carbocycles. The van der Waals surface area contributed by atoms with E-state index in [1.54, 1.807) is 43.3 Å². The SMILES string of the molecule is CCOC(=O)CC(NS(=O)(=O)c1cccc(-c2cccc(NC(=NC3CC3)NC#N)c2)c1)c1ccccc1. The number of nitrogens with one attached hydrogen (secondary N) is 3. The van der Waals surface area contributed by atoms with E-state index in [2.05, 4.69) is 20.3 Å². The Morgan fingerprint density at radius 1 is 1.05 bits per heavy atom. The number of hydrogen-bond donors (Lipinski definition) is 3. The van der Waals surface area contributed by atoms with Crippen LogP contribution in [0.25, 0.3) is 11.1 Å². The molecule has 1 aliphatic carbocycles. The van der Waals surface area contributed by atoms with Gasteiger partial charge in [-0.25, -0.2) is 18.1 Å². The second-order valence-corrected chi connectivity index (χ2v) is 10.5. The minimum atomic E-state index is -3.98. The molecule has 0 heterocycles. The van der Waals surface area contributed by atoms with Crippen LogP contribution in [0.15, 0.2) is 88.8 Å². The van der Waals surface area contributed by atoms with E-state index in [0.29, 0.717) is 22.8 Å². The fourth-order valence-electron chi connectivity index (χ4n) is 3.85. The highest BCUT2D eigenvalue weighted by Crippen LogP contribution is 2.27. The number of esters is 1. The molecule has 0 amide bonds. The number of ether oxygens (including phenoxy) is 1. The summed E-state index contributed by atoms with van der Waals surface area (Å²) in [5.41, 5.74) is 2.83. The first-order valence-electron chi connectivity index (χ1n) is 12.3. The van der Waals surface area contributed by atoms with Crippen LogP contribution in [-0.2, 0) is 19.6 Å². The average molecular weight is 532 g/mol. The van der Waals surface area contributed by atoms with Crippen molar-refractivity contribution in [2.24, 2.45) is 4.99 Å². The van der Waals surface area contributed by atoms with Crippen LogP contribution in [0.4, 0.5) is 5.69 Å². The van der Waals surface area contributed by atoms with Crippen molar-refractivity contribution < 1.29 is 17.9 Å². The van der Waals surface area contributed by atoms with Crippen molar-refractivity contribution >= 4 is 27.6 Å². The lowest BCUT2D eigenvalue weighted by Crippen LogP contribution is -2.30. The van der Waals surface area contributed by atoms with E-state index >= 15 is 0 Å². The summed E-state index contributed by atoms with van der Waals surface area (Å²) < 4.78 is 34.5. The quantitative estimate of drug-likeness (QED) is 0.117. The van der Waals surface area contributed by atoms with Crippen molar-refractivity contribution in [3.05, 3.63) is 84.4 Å². The lowest BCUT2D eigenvalue weighted by Gasteiger charge is -2.19. The highest BCUT2D eigenvalue weighted by atomic mass is 32.2. The molecule has 38 heavy (non-hydrogen) atoms. The Kier molecular flexibility index (Phi) is 8.73. The summed E-state index contributed by atoms with van der Waals surface area (Å²) >= 11 is 0. The highest BCUT2D eigenvalue weighted by Gasteiger charge is 2.25. The summed E-state index contributed by atoms with van der Waals surface area (Å²) in [7, 11) is -3.98. The van der Waals surface area contributed by atoms with E-state index in [0.717, 1.165) is 18.4 Å². The number of rotatable bonds is 10. The molecule has 0 saturated heterocycles. The number of sulfonamides is 1. The third-order valence-electron chi connectivity index (χ3n) is 5.81. The number of guanidine groups is 1. The predicted octanol–water partition coefficient (Wildman–Crippen LogP) is 4.33. The first-order valence-corrected chi connectivity index (χ1v) is 13.8. The molecular formula is C28H29N5O4S. The van der Waals surface area contributed by atoms with E-state index < -0.39 is 22.0 Å². The number of nitriles is 1. The van der Waals surface area contributed by atoms with E-state index in [9.17, 15) is 13.2 Å². The molecule has 10 heteroatoms. The van der Waals surface area contributed by atoms with Gasteiger partial charge in [-0.1, -0.05) is 54.6 Å². The maximum Gasteiger partial charge on any atom is 0.307 e.